The quantitative estimate of drug-likeness (QED) is 0.916. The van der Waals surface area contributed by atoms with E-state index in [4.69, 9.17) is 0 Å². The van der Waals surface area contributed by atoms with E-state index >= 15 is 0 Å². The van der Waals surface area contributed by atoms with Crippen molar-refractivity contribution in [3.05, 3.63) is 34.7 Å². The molecule has 2 aromatic rings. The van der Waals surface area contributed by atoms with E-state index < -0.39 is 0 Å². The standard InChI is InChI=1S/C18H25N5O/c1-13(2)21-5-7-22(8-6-21)15-11-23(12-15)14-9-17-16(19-10-14)3-4-18(24)20-17/h3-4,9-10,13,15H,5-8,11-12H2,1-2H3,(H,20,24). The number of piperazine rings is 1. The van der Waals surface area contributed by atoms with Crippen molar-refractivity contribution < 1.29 is 0 Å². The number of hydrogen-bond donors (Lipinski definition) is 1. The van der Waals surface area contributed by atoms with E-state index in [1.807, 2.05) is 12.3 Å². The molecule has 0 unspecified atom stereocenters. The van der Waals surface area contributed by atoms with Gasteiger partial charge < -0.3 is 9.88 Å². The van der Waals surface area contributed by atoms with Gasteiger partial charge in [0.2, 0.25) is 5.56 Å². The van der Waals surface area contributed by atoms with Crippen LogP contribution in [0.15, 0.2) is 29.2 Å². The van der Waals surface area contributed by atoms with Gasteiger partial charge in [0, 0.05) is 57.4 Å². The molecule has 4 rings (SSSR count). The second-order valence-electron chi connectivity index (χ2n) is 7.17. The van der Waals surface area contributed by atoms with Crippen molar-refractivity contribution in [1.29, 1.82) is 0 Å². The van der Waals surface area contributed by atoms with Crippen molar-refractivity contribution in [2.24, 2.45) is 0 Å². The molecule has 2 aliphatic heterocycles. The summed E-state index contributed by atoms with van der Waals surface area (Å²) >= 11 is 0. The SMILES string of the molecule is CC(C)N1CCN(C2CN(c3cnc4ccc(=O)[nH]c4c3)C2)CC1. The molecule has 2 fully saturated rings. The van der Waals surface area contributed by atoms with Gasteiger partial charge in [-0.2, -0.15) is 0 Å². The summed E-state index contributed by atoms with van der Waals surface area (Å²) in [6, 6.07) is 6.62. The highest BCUT2D eigenvalue weighted by Gasteiger charge is 2.34. The van der Waals surface area contributed by atoms with Gasteiger partial charge in [0.1, 0.15) is 0 Å². The average molecular weight is 327 g/mol. The van der Waals surface area contributed by atoms with E-state index in [0.717, 1.165) is 29.8 Å². The molecule has 1 N–H and O–H groups in total. The lowest BCUT2D eigenvalue weighted by molar-refractivity contribution is 0.0678. The highest BCUT2D eigenvalue weighted by molar-refractivity contribution is 5.77. The molecule has 0 atom stereocenters. The number of nitrogens with one attached hydrogen (secondary N) is 1. The zero-order valence-corrected chi connectivity index (χ0v) is 14.4. The second kappa shape index (κ2) is 6.18. The largest absolute Gasteiger partial charge is 0.367 e. The third kappa shape index (κ3) is 2.91. The summed E-state index contributed by atoms with van der Waals surface area (Å²) in [4.78, 5) is 26.3. The van der Waals surface area contributed by atoms with E-state index in [0.29, 0.717) is 12.1 Å². The van der Waals surface area contributed by atoms with Crippen LogP contribution in [0.2, 0.25) is 0 Å². The van der Waals surface area contributed by atoms with E-state index in [9.17, 15) is 4.79 Å². The second-order valence-corrected chi connectivity index (χ2v) is 7.17. The van der Waals surface area contributed by atoms with E-state index in [1.165, 1.54) is 32.2 Å². The van der Waals surface area contributed by atoms with Gasteiger partial charge >= 0.3 is 0 Å². The molecule has 24 heavy (non-hydrogen) atoms. The average Bonchev–Trinajstić information content (AvgIpc) is 2.53. The fourth-order valence-corrected chi connectivity index (χ4v) is 3.72. The van der Waals surface area contributed by atoms with Crippen LogP contribution in [0.3, 0.4) is 0 Å². The maximum absolute atomic E-state index is 11.5. The van der Waals surface area contributed by atoms with Crippen molar-refractivity contribution in [2.75, 3.05) is 44.2 Å². The fourth-order valence-electron chi connectivity index (χ4n) is 3.72. The Morgan fingerprint density at radius 3 is 2.62 bits per heavy atom. The van der Waals surface area contributed by atoms with Gasteiger partial charge in [-0.15, -0.1) is 0 Å². The van der Waals surface area contributed by atoms with Crippen molar-refractivity contribution in [3.8, 4) is 0 Å². The predicted molar refractivity (Wildman–Crippen MR) is 96.6 cm³/mol. The smallest absolute Gasteiger partial charge is 0.248 e. The Hall–Kier alpha value is -1.92. The number of aromatic nitrogens is 2. The third-order valence-corrected chi connectivity index (χ3v) is 5.38. The molecule has 0 amide bonds. The monoisotopic (exact) mass is 327 g/mol. The minimum Gasteiger partial charge on any atom is -0.367 e. The van der Waals surface area contributed by atoms with Crippen LogP contribution < -0.4 is 10.5 Å². The normalized spacial score (nSPS) is 20.7. The first kappa shape index (κ1) is 15.6. The molecular formula is C18H25N5O. The lowest BCUT2D eigenvalue weighted by atomic mass is 10.0. The highest BCUT2D eigenvalue weighted by atomic mass is 16.1. The number of rotatable bonds is 3. The first-order valence-electron chi connectivity index (χ1n) is 8.82. The van der Waals surface area contributed by atoms with Gasteiger partial charge in [-0.05, 0) is 26.0 Å². The van der Waals surface area contributed by atoms with Crippen LogP contribution in [-0.4, -0.2) is 71.1 Å². The van der Waals surface area contributed by atoms with Gasteiger partial charge in [-0.1, -0.05) is 0 Å². The lowest BCUT2D eigenvalue weighted by Gasteiger charge is -2.49. The Kier molecular flexibility index (Phi) is 4.02. The van der Waals surface area contributed by atoms with Crippen LogP contribution in [0.4, 0.5) is 5.69 Å². The summed E-state index contributed by atoms with van der Waals surface area (Å²) in [5, 5.41) is 0. The number of nitrogens with zero attached hydrogens (tertiary/aromatic N) is 4. The Morgan fingerprint density at radius 2 is 1.92 bits per heavy atom. The number of aromatic amines is 1. The molecule has 0 bridgehead atoms. The van der Waals surface area contributed by atoms with Crippen molar-refractivity contribution in [2.45, 2.75) is 25.9 Å². The van der Waals surface area contributed by atoms with Crippen LogP contribution in [0.1, 0.15) is 13.8 Å². The number of anilines is 1. The molecule has 0 aliphatic carbocycles. The zero-order chi connectivity index (χ0) is 16.7. The van der Waals surface area contributed by atoms with E-state index in [1.54, 1.807) is 6.07 Å². The Labute approximate surface area is 142 Å². The Morgan fingerprint density at radius 1 is 1.17 bits per heavy atom. The molecule has 0 aromatic carbocycles. The zero-order valence-electron chi connectivity index (χ0n) is 14.4. The van der Waals surface area contributed by atoms with Crippen LogP contribution in [-0.2, 0) is 0 Å². The van der Waals surface area contributed by atoms with Gasteiger partial charge in [0.15, 0.2) is 0 Å². The molecule has 2 saturated heterocycles. The summed E-state index contributed by atoms with van der Waals surface area (Å²) in [5.41, 5.74) is 2.67. The maximum Gasteiger partial charge on any atom is 0.248 e. The van der Waals surface area contributed by atoms with Crippen molar-refractivity contribution in [1.82, 2.24) is 19.8 Å². The molecule has 0 saturated carbocycles. The predicted octanol–water partition coefficient (Wildman–Crippen LogP) is 1.14. The molecule has 128 valence electrons. The van der Waals surface area contributed by atoms with Crippen molar-refractivity contribution >= 4 is 16.7 Å². The molecule has 6 heteroatoms. The fraction of sp³-hybridized carbons (Fsp3) is 0.556. The summed E-state index contributed by atoms with van der Waals surface area (Å²) in [5.74, 6) is 0. The van der Waals surface area contributed by atoms with Gasteiger partial charge in [-0.3, -0.25) is 19.6 Å². The Bertz CT molecular complexity index is 772. The Balaban J connectivity index is 1.38. The topological polar surface area (TPSA) is 55.5 Å². The third-order valence-electron chi connectivity index (χ3n) is 5.38. The molecule has 0 spiro atoms. The molecule has 2 aliphatic rings. The minimum absolute atomic E-state index is 0.0778. The molecule has 2 aromatic heterocycles. The van der Waals surface area contributed by atoms with Crippen LogP contribution in [0, 0.1) is 0 Å². The number of H-pyrrole nitrogens is 1. The van der Waals surface area contributed by atoms with E-state index in [-0.39, 0.29) is 5.56 Å². The summed E-state index contributed by atoms with van der Waals surface area (Å²) in [7, 11) is 0. The van der Waals surface area contributed by atoms with Gasteiger partial charge in [0.25, 0.3) is 0 Å². The summed E-state index contributed by atoms with van der Waals surface area (Å²) in [6.07, 6.45) is 1.91. The molecule has 4 heterocycles. The highest BCUT2D eigenvalue weighted by Crippen LogP contribution is 2.25. The summed E-state index contributed by atoms with van der Waals surface area (Å²) in [6.45, 7) is 11.3. The van der Waals surface area contributed by atoms with Crippen molar-refractivity contribution in [3.63, 3.8) is 0 Å². The minimum atomic E-state index is -0.0778. The van der Waals surface area contributed by atoms with Gasteiger partial charge in [-0.25, -0.2) is 0 Å². The van der Waals surface area contributed by atoms with Gasteiger partial charge in [0.05, 0.1) is 22.9 Å². The first-order valence-corrected chi connectivity index (χ1v) is 8.82. The molecular weight excluding hydrogens is 302 g/mol. The van der Waals surface area contributed by atoms with Crippen LogP contribution in [0.25, 0.3) is 11.0 Å². The summed E-state index contributed by atoms with van der Waals surface area (Å²) < 4.78 is 0. The molecule has 0 radical (unpaired) electrons. The lowest BCUT2D eigenvalue weighted by Crippen LogP contribution is -2.63. The van der Waals surface area contributed by atoms with Crippen LogP contribution in [0.5, 0.6) is 0 Å². The molecule has 6 nitrogen and oxygen atoms in total. The number of hydrogen-bond acceptors (Lipinski definition) is 5. The number of fused-ring (bicyclic) bond motifs is 1. The maximum atomic E-state index is 11.5. The first-order chi connectivity index (χ1) is 11.6. The van der Waals surface area contributed by atoms with Crippen LogP contribution >= 0.6 is 0 Å². The number of pyridine rings is 2. The van der Waals surface area contributed by atoms with E-state index in [2.05, 4.69) is 38.5 Å².